The third kappa shape index (κ3) is 3.81. The molecule has 6 heteroatoms. The molecule has 0 bridgehead atoms. The Balaban J connectivity index is 2.77. The van der Waals surface area contributed by atoms with E-state index in [1.165, 1.54) is 6.07 Å². The monoisotopic (exact) mass is 255 g/mol. The Kier molecular flexibility index (Phi) is 5.09. The van der Waals surface area contributed by atoms with Gasteiger partial charge in [0.2, 0.25) is 0 Å². The van der Waals surface area contributed by atoms with E-state index in [9.17, 15) is 10.1 Å². The van der Waals surface area contributed by atoms with Crippen LogP contribution in [0, 0.1) is 16.0 Å². The molecule has 94 valence electrons. The second-order valence-corrected chi connectivity index (χ2v) is 4.85. The zero-order valence-electron chi connectivity index (χ0n) is 9.97. The van der Waals surface area contributed by atoms with Gasteiger partial charge in [-0.05, 0) is 30.1 Å². The zero-order valence-corrected chi connectivity index (χ0v) is 10.8. The summed E-state index contributed by atoms with van der Waals surface area (Å²) in [6, 6.07) is 4.93. The number of nitrogen functional groups attached to an aromatic ring is 1. The van der Waals surface area contributed by atoms with Crippen LogP contribution in [0.5, 0.6) is 0 Å². The van der Waals surface area contributed by atoms with Crippen LogP contribution in [0.1, 0.15) is 6.92 Å². The molecule has 17 heavy (non-hydrogen) atoms. The summed E-state index contributed by atoms with van der Waals surface area (Å²) in [5, 5.41) is 14.0. The molecule has 0 aromatic heterocycles. The van der Waals surface area contributed by atoms with Crippen LogP contribution in [0.2, 0.25) is 0 Å². The molecular formula is C11H17N3O2S. The minimum Gasteiger partial charge on any atom is -0.393 e. The van der Waals surface area contributed by atoms with Crippen LogP contribution in [0.15, 0.2) is 18.2 Å². The topological polar surface area (TPSA) is 81.2 Å². The summed E-state index contributed by atoms with van der Waals surface area (Å²) >= 11 is 1.76. The highest BCUT2D eigenvalue weighted by Crippen LogP contribution is 2.30. The molecule has 1 aromatic rings. The van der Waals surface area contributed by atoms with Gasteiger partial charge in [-0.1, -0.05) is 13.0 Å². The Bertz CT molecular complexity index is 398. The predicted octanol–water partition coefficient (Wildman–Crippen LogP) is 2.59. The van der Waals surface area contributed by atoms with Crippen LogP contribution in [-0.2, 0) is 0 Å². The van der Waals surface area contributed by atoms with Gasteiger partial charge in [0.25, 0.3) is 0 Å². The predicted molar refractivity (Wildman–Crippen MR) is 73.5 cm³/mol. The van der Waals surface area contributed by atoms with Crippen LogP contribution in [0.4, 0.5) is 17.1 Å². The highest BCUT2D eigenvalue weighted by molar-refractivity contribution is 7.98. The van der Waals surface area contributed by atoms with E-state index < -0.39 is 4.92 Å². The molecule has 1 rings (SSSR count). The van der Waals surface area contributed by atoms with Crippen molar-refractivity contribution in [1.82, 2.24) is 0 Å². The number of nitrogens with two attached hydrogens (primary N) is 1. The van der Waals surface area contributed by atoms with E-state index in [-0.39, 0.29) is 11.4 Å². The molecule has 0 saturated heterocycles. The van der Waals surface area contributed by atoms with Crippen molar-refractivity contribution in [1.29, 1.82) is 0 Å². The Hall–Kier alpha value is -1.43. The van der Waals surface area contributed by atoms with Crippen molar-refractivity contribution in [3.05, 3.63) is 28.3 Å². The van der Waals surface area contributed by atoms with Gasteiger partial charge < -0.3 is 11.1 Å². The number of anilines is 2. The molecule has 0 aliphatic rings. The van der Waals surface area contributed by atoms with Gasteiger partial charge in [0.1, 0.15) is 11.4 Å². The molecule has 0 saturated carbocycles. The van der Waals surface area contributed by atoms with Gasteiger partial charge in [-0.3, -0.25) is 10.1 Å². The van der Waals surface area contributed by atoms with Crippen molar-refractivity contribution in [2.45, 2.75) is 6.92 Å². The average Bonchev–Trinajstić information content (AvgIpc) is 2.26. The number of nitro groups is 1. The number of thioether (sulfide) groups is 1. The van der Waals surface area contributed by atoms with E-state index in [1.807, 2.05) is 6.26 Å². The van der Waals surface area contributed by atoms with Gasteiger partial charge in [-0.2, -0.15) is 11.8 Å². The molecular weight excluding hydrogens is 238 g/mol. The lowest BCUT2D eigenvalue weighted by Crippen LogP contribution is -2.14. The summed E-state index contributed by atoms with van der Waals surface area (Å²) in [5.41, 5.74) is 6.24. The van der Waals surface area contributed by atoms with Crippen LogP contribution in [-0.4, -0.2) is 23.5 Å². The quantitative estimate of drug-likeness (QED) is 0.464. The van der Waals surface area contributed by atoms with Crippen LogP contribution >= 0.6 is 11.8 Å². The van der Waals surface area contributed by atoms with Crippen LogP contribution < -0.4 is 11.1 Å². The number of hydrogen-bond donors (Lipinski definition) is 2. The van der Waals surface area contributed by atoms with E-state index in [4.69, 9.17) is 5.73 Å². The van der Waals surface area contributed by atoms with Gasteiger partial charge in [0, 0.05) is 6.54 Å². The normalized spacial score (nSPS) is 12.1. The van der Waals surface area contributed by atoms with Crippen molar-refractivity contribution in [3.63, 3.8) is 0 Å². The number of nitrogens with zero attached hydrogens (tertiary/aromatic N) is 1. The van der Waals surface area contributed by atoms with Crippen LogP contribution in [0.25, 0.3) is 0 Å². The molecule has 5 nitrogen and oxygen atoms in total. The molecule has 0 spiro atoms. The van der Waals surface area contributed by atoms with Gasteiger partial charge in [-0.15, -0.1) is 0 Å². The summed E-state index contributed by atoms with van der Waals surface area (Å²) in [6.45, 7) is 2.80. The minimum atomic E-state index is -0.448. The van der Waals surface area contributed by atoms with Crippen molar-refractivity contribution < 1.29 is 4.92 Å². The number of hydrogen-bond acceptors (Lipinski definition) is 5. The standard InChI is InChI=1S/C11H17N3O2S/c1-8(7-17-2)6-13-10-5-3-4-9(12)11(10)14(15)16/h3-5,8,13H,6-7,12H2,1-2H3. The first-order chi connectivity index (χ1) is 8.06. The van der Waals surface area contributed by atoms with Gasteiger partial charge in [0.15, 0.2) is 0 Å². The largest absolute Gasteiger partial charge is 0.393 e. The van der Waals surface area contributed by atoms with Gasteiger partial charge >= 0.3 is 5.69 Å². The van der Waals surface area contributed by atoms with Crippen molar-refractivity contribution in [2.75, 3.05) is 29.6 Å². The Labute approximate surface area is 105 Å². The summed E-state index contributed by atoms with van der Waals surface area (Å²) < 4.78 is 0. The molecule has 0 radical (unpaired) electrons. The highest BCUT2D eigenvalue weighted by Gasteiger charge is 2.17. The van der Waals surface area contributed by atoms with E-state index in [0.717, 1.165) is 5.75 Å². The van der Waals surface area contributed by atoms with Gasteiger partial charge in [-0.25, -0.2) is 0 Å². The summed E-state index contributed by atoms with van der Waals surface area (Å²) in [6.07, 6.45) is 2.04. The van der Waals surface area contributed by atoms with E-state index in [2.05, 4.69) is 12.2 Å². The van der Waals surface area contributed by atoms with E-state index in [0.29, 0.717) is 18.2 Å². The molecule has 1 aromatic carbocycles. The smallest absolute Gasteiger partial charge is 0.314 e. The van der Waals surface area contributed by atoms with Crippen molar-refractivity contribution in [3.8, 4) is 0 Å². The minimum absolute atomic E-state index is 0.0381. The number of para-hydroxylation sites is 1. The Morgan fingerprint density at radius 2 is 2.29 bits per heavy atom. The molecule has 0 fully saturated rings. The second-order valence-electron chi connectivity index (χ2n) is 3.94. The average molecular weight is 255 g/mol. The lowest BCUT2D eigenvalue weighted by atomic mass is 10.2. The number of benzene rings is 1. The summed E-state index contributed by atoms with van der Waals surface area (Å²) in [7, 11) is 0. The lowest BCUT2D eigenvalue weighted by molar-refractivity contribution is -0.383. The van der Waals surface area contributed by atoms with Crippen LogP contribution in [0.3, 0.4) is 0 Å². The maximum Gasteiger partial charge on any atom is 0.314 e. The maximum atomic E-state index is 10.9. The molecule has 1 atom stereocenters. The molecule has 0 amide bonds. The summed E-state index contributed by atoms with van der Waals surface area (Å²) in [4.78, 5) is 10.4. The molecule has 1 unspecified atom stereocenters. The molecule has 0 aliphatic heterocycles. The molecule has 0 aliphatic carbocycles. The third-order valence-corrected chi connectivity index (χ3v) is 3.24. The maximum absolute atomic E-state index is 10.9. The third-order valence-electron chi connectivity index (χ3n) is 2.34. The fourth-order valence-electron chi connectivity index (χ4n) is 1.54. The van der Waals surface area contributed by atoms with E-state index in [1.54, 1.807) is 23.9 Å². The number of rotatable bonds is 6. The first-order valence-electron chi connectivity index (χ1n) is 5.32. The Morgan fingerprint density at radius 3 is 2.88 bits per heavy atom. The van der Waals surface area contributed by atoms with Gasteiger partial charge in [0.05, 0.1) is 4.92 Å². The number of nitro benzene ring substituents is 1. The molecule has 0 heterocycles. The van der Waals surface area contributed by atoms with Crippen molar-refractivity contribution in [2.24, 2.45) is 5.92 Å². The highest BCUT2D eigenvalue weighted by atomic mass is 32.2. The lowest BCUT2D eigenvalue weighted by Gasteiger charge is -2.12. The fraction of sp³-hybridized carbons (Fsp3) is 0.455. The Morgan fingerprint density at radius 1 is 1.59 bits per heavy atom. The van der Waals surface area contributed by atoms with Crippen molar-refractivity contribution >= 4 is 28.8 Å². The first-order valence-corrected chi connectivity index (χ1v) is 6.71. The molecule has 3 N–H and O–H groups in total. The SMILES string of the molecule is CSCC(C)CNc1cccc(N)c1[N+](=O)[O-]. The summed E-state index contributed by atoms with van der Waals surface area (Å²) in [5.74, 6) is 1.47. The number of nitrogens with one attached hydrogen (secondary N) is 1. The first kappa shape index (κ1) is 13.6. The fourth-order valence-corrected chi connectivity index (χ4v) is 2.22. The zero-order chi connectivity index (χ0) is 12.8. The van der Waals surface area contributed by atoms with E-state index >= 15 is 0 Å². The second kappa shape index (κ2) is 6.34.